The van der Waals surface area contributed by atoms with Gasteiger partial charge in [-0.1, -0.05) is 6.08 Å². The van der Waals surface area contributed by atoms with Gasteiger partial charge in [0.2, 0.25) is 0 Å². The van der Waals surface area contributed by atoms with E-state index in [4.69, 9.17) is 0 Å². The SMILES string of the molecule is C=CCC1=C(C)C(O)CC1=CF. The van der Waals surface area contributed by atoms with Gasteiger partial charge in [-0.05, 0) is 30.1 Å². The summed E-state index contributed by atoms with van der Waals surface area (Å²) in [5, 5.41) is 9.40. The van der Waals surface area contributed by atoms with Crippen LogP contribution in [0, 0.1) is 0 Å². The summed E-state index contributed by atoms with van der Waals surface area (Å²) in [6, 6.07) is 0. The van der Waals surface area contributed by atoms with Gasteiger partial charge in [-0.2, -0.15) is 0 Å². The van der Waals surface area contributed by atoms with Crippen molar-refractivity contribution in [3.05, 3.63) is 35.7 Å². The molecule has 0 aromatic heterocycles. The summed E-state index contributed by atoms with van der Waals surface area (Å²) in [4.78, 5) is 0. The molecule has 12 heavy (non-hydrogen) atoms. The van der Waals surface area contributed by atoms with E-state index in [2.05, 4.69) is 6.58 Å². The minimum atomic E-state index is -0.498. The Kier molecular flexibility index (Phi) is 2.82. The lowest BCUT2D eigenvalue weighted by atomic mass is 10.1. The van der Waals surface area contributed by atoms with Crippen molar-refractivity contribution in [2.75, 3.05) is 0 Å². The van der Waals surface area contributed by atoms with Crippen LogP contribution in [-0.2, 0) is 0 Å². The lowest BCUT2D eigenvalue weighted by Crippen LogP contribution is -2.01. The maximum Gasteiger partial charge on any atom is 0.0902 e. The number of halogens is 1. The molecule has 0 aromatic carbocycles. The first kappa shape index (κ1) is 9.20. The molecule has 0 saturated heterocycles. The van der Waals surface area contributed by atoms with Gasteiger partial charge in [-0.15, -0.1) is 6.58 Å². The molecule has 0 radical (unpaired) electrons. The summed E-state index contributed by atoms with van der Waals surface area (Å²) in [7, 11) is 0. The molecule has 1 aliphatic carbocycles. The van der Waals surface area contributed by atoms with E-state index in [0.29, 0.717) is 24.7 Å². The predicted octanol–water partition coefficient (Wildman–Crippen LogP) is 2.50. The van der Waals surface area contributed by atoms with Crippen LogP contribution in [0.1, 0.15) is 19.8 Å². The summed E-state index contributed by atoms with van der Waals surface area (Å²) >= 11 is 0. The molecule has 66 valence electrons. The molecule has 1 rings (SSSR count). The Hall–Kier alpha value is -0.890. The van der Waals surface area contributed by atoms with Crippen molar-refractivity contribution in [3.63, 3.8) is 0 Å². The first-order chi connectivity index (χ1) is 5.70. The fourth-order valence-electron chi connectivity index (χ4n) is 1.49. The van der Waals surface area contributed by atoms with Crippen LogP contribution >= 0.6 is 0 Å². The van der Waals surface area contributed by atoms with Gasteiger partial charge in [0.05, 0.1) is 12.4 Å². The molecule has 0 saturated carbocycles. The van der Waals surface area contributed by atoms with Crippen LogP contribution in [0.15, 0.2) is 35.7 Å². The molecule has 1 nitrogen and oxygen atoms in total. The van der Waals surface area contributed by atoms with Gasteiger partial charge in [-0.25, -0.2) is 4.39 Å². The average molecular weight is 168 g/mol. The first-order valence-corrected chi connectivity index (χ1v) is 3.99. The zero-order chi connectivity index (χ0) is 9.14. The zero-order valence-electron chi connectivity index (χ0n) is 7.18. The highest BCUT2D eigenvalue weighted by atomic mass is 19.1. The lowest BCUT2D eigenvalue weighted by molar-refractivity contribution is 0.218. The van der Waals surface area contributed by atoms with E-state index >= 15 is 0 Å². The first-order valence-electron chi connectivity index (χ1n) is 3.99. The van der Waals surface area contributed by atoms with E-state index in [9.17, 15) is 9.50 Å². The number of aliphatic hydroxyl groups is 1. The van der Waals surface area contributed by atoms with Gasteiger partial charge >= 0.3 is 0 Å². The van der Waals surface area contributed by atoms with Crippen molar-refractivity contribution >= 4 is 0 Å². The highest BCUT2D eigenvalue weighted by molar-refractivity contribution is 5.43. The fourth-order valence-corrected chi connectivity index (χ4v) is 1.49. The van der Waals surface area contributed by atoms with Crippen LogP contribution in [0.3, 0.4) is 0 Å². The molecular formula is C10H13FO. The molecule has 1 aliphatic rings. The summed E-state index contributed by atoms with van der Waals surface area (Å²) in [6.07, 6.45) is 2.85. The minimum absolute atomic E-state index is 0.408. The molecule has 0 aromatic rings. The van der Waals surface area contributed by atoms with Crippen molar-refractivity contribution in [3.8, 4) is 0 Å². The molecule has 0 fully saturated rings. The Morgan fingerprint density at radius 3 is 2.92 bits per heavy atom. The normalized spacial score (nSPS) is 26.9. The Morgan fingerprint density at radius 1 is 1.75 bits per heavy atom. The summed E-state index contributed by atoms with van der Waals surface area (Å²) < 4.78 is 12.3. The standard InChI is InChI=1S/C10H13FO/c1-3-4-9-7(2)10(12)5-8(9)6-11/h3,6,10,12H,1,4-5H2,2H3. The number of allylic oxidation sites excluding steroid dienone is 2. The van der Waals surface area contributed by atoms with Gasteiger partial charge in [0, 0.05) is 6.42 Å². The monoisotopic (exact) mass is 168 g/mol. The third kappa shape index (κ3) is 1.48. The number of rotatable bonds is 2. The Labute approximate surface area is 71.9 Å². The number of aliphatic hydroxyl groups excluding tert-OH is 1. The highest BCUT2D eigenvalue weighted by Crippen LogP contribution is 2.33. The van der Waals surface area contributed by atoms with Gasteiger partial charge < -0.3 is 5.11 Å². The molecule has 1 atom stereocenters. The molecule has 2 heteroatoms. The summed E-state index contributed by atoms with van der Waals surface area (Å²) in [6.45, 7) is 5.42. The van der Waals surface area contributed by atoms with E-state index in [1.54, 1.807) is 6.08 Å². The van der Waals surface area contributed by atoms with E-state index in [-0.39, 0.29) is 0 Å². The van der Waals surface area contributed by atoms with Crippen LogP contribution in [-0.4, -0.2) is 11.2 Å². The second-order valence-corrected chi connectivity index (χ2v) is 3.01. The maximum absolute atomic E-state index is 12.3. The second-order valence-electron chi connectivity index (χ2n) is 3.01. The quantitative estimate of drug-likeness (QED) is 0.628. The summed E-state index contributed by atoms with van der Waals surface area (Å²) in [5.74, 6) is 0. The Morgan fingerprint density at radius 2 is 2.42 bits per heavy atom. The molecule has 0 bridgehead atoms. The Balaban J connectivity index is 2.94. The fraction of sp³-hybridized carbons (Fsp3) is 0.400. The van der Waals surface area contributed by atoms with E-state index in [1.807, 2.05) is 6.92 Å². The molecule has 0 spiro atoms. The highest BCUT2D eigenvalue weighted by Gasteiger charge is 2.23. The van der Waals surface area contributed by atoms with Crippen molar-refractivity contribution < 1.29 is 9.50 Å². The van der Waals surface area contributed by atoms with Crippen molar-refractivity contribution in [1.29, 1.82) is 0 Å². The molecule has 1 N–H and O–H groups in total. The lowest BCUT2D eigenvalue weighted by Gasteiger charge is -2.00. The van der Waals surface area contributed by atoms with Gasteiger partial charge in [0.1, 0.15) is 0 Å². The smallest absolute Gasteiger partial charge is 0.0902 e. The van der Waals surface area contributed by atoms with Crippen molar-refractivity contribution in [1.82, 2.24) is 0 Å². The van der Waals surface area contributed by atoms with Gasteiger partial charge in [-0.3, -0.25) is 0 Å². The second kappa shape index (κ2) is 3.68. The molecule has 1 unspecified atom stereocenters. The average Bonchev–Trinajstić information content (AvgIpc) is 2.33. The largest absolute Gasteiger partial charge is 0.388 e. The van der Waals surface area contributed by atoms with Crippen molar-refractivity contribution in [2.45, 2.75) is 25.9 Å². The van der Waals surface area contributed by atoms with Gasteiger partial charge in [0.15, 0.2) is 0 Å². The van der Waals surface area contributed by atoms with Crippen molar-refractivity contribution in [2.24, 2.45) is 0 Å². The molecular weight excluding hydrogens is 155 g/mol. The van der Waals surface area contributed by atoms with E-state index < -0.39 is 6.10 Å². The summed E-state index contributed by atoms with van der Waals surface area (Å²) in [5.41, 5.74) is 2.39. The molecule has 0 aliphatic heterocycles. The van der Waals surface area contributed by atoms with Gasteiger partial charge in [0.25, 0.3) is 0 Å². The maximum atomic E-state index is 12.3. The number of hydrogen-bond donors (Lipinski definition) is 1. The van der Waals surface area contributed by atoms with Crippen LogP contribution in [0.5, 0.6) is 0 Å². The molecule has 0 amide bonds. The molecule has 0 heterocycles. The third-order valence-electron chi connectivity index (χ3n) is 2.26. The van der Waals surface area contributed by atoms with Crippen LogP contribution < -0.4 is 0 Å². The predicted molar refractivity (Wildman–Crippen MR) is 47.3 cm³/mol. The van der Waals surface area contributed by atoms with E-state index in [0.717, 1.165) is 11.1 Å². The van der Waals surface area contributed by atoms with Crippen LogP contribution in [0.4, 0.5) is 4.39 Å². The minimum Gasteiger partial charge on any atom is -0.388 e. The topological polar surface area (TPSA) is 20.2 Å². The van der Waals surface area contributed by atoms with E-state index in [1.165, 1.54) is 0 Å². The Bertz CT molecular complexity index is 251. The third-order valence-corrected chi connectivity index (χ3v) is 2.26. The number of hydrogen-bond acceptors (Lipinski definition) is 1. The van der Waals surface area contributed by atoms with Crippen LogP contribution in [0.2, 0.25) is 0 Å². The zero-order valence-corrected chi connectivity index (χ0v) is 7.18. The van der Waals surface area contributed by atoms with Crippen LogP contribution in [0.25, 0.3) is 0 Å².